The molecule has 0 aromatic carbocycles. The average Bonchev–Trinajstić information content (AvgIpc) is 2.04. The van der Waals surface area contributed by atoms with E-state index in [1.165, 1.54) is 12.3 Å². The molecule has 1 aromatic rings. The number of rotatable bonds is 1. The number of aromatic nitrogens is 2. The van der Waals surface area contributed by atoms with Crippen molar-refractivity contribution in [3.05, 3.63) is 18.1 Å². The van der Waals surface area contributed by atoms with Crippen LogP contribution in [0.1, 0.15) is 5.82 Å². The summed E-state index contributed by atoms with van der Waals surface area (Å²) in [5, 5.41) is 10.3. The van der Waals surface area contributed by atoms with E-state index in [4.69, 9.17) is 5.11 Å². The molecule has 0 atom stereocenters. The van der Waals surface area contributed by atoms with Gasteiger partial charge in [-0.1, -0.05) is 0 Å². The van der Waals surface area contributed by atoms with Gasteiger partial charge in [0.25, 0.3) is 0 Å². The van der Waals surface area contributed by atoms with Gasteiger partial charge >= 0.3 is 11.9 Å². The number of anilines is 1. The summed E-state index contributed by atoms with van der Waals surface area (Å²) in [5.41, 5.74) is 0. The van der Waals surface area contributed by atoms with Crippen LogP contribution in [0.4, 0.5) is 5.82 Å². The molecule has 0 aliphatic rings. The Bertz CT molecular complexity index is 351. The van der Waals surface area contributed by atoms with Crippen molar-refractivity contribution in [1.82, 2.24) is 9.97 Å². The fourth-order valence-corrected chi connectivity index (χ4v) is 0.696. The Labute approximate surface area is 73.6 Å². The number of amides is 1. The smallest absolute Gasteiger partial charge is 0.394 e. The Balaban J connectivity index is 2.75. The van der Waals surface area contributed by atoms with E-state index in [0.29, 0.717) is 5.82 Å². The van der Waals surface area contributed by atoms with Crippen molar-refractivity contribution in [3.63, 3.8) is 0 Å². The van der Waals surface area contributed by atoms with Gasteiger partial charge in [-0.25, -0.2) is 14.8 Å². The quantitative estimate of drug-likeness (QED) is 0.585. The molecule has 0 aliphatic carbocycles. The van der Waals surface area contributed by atoms with Crippen LogP contribution in [0.15, 0.2) is 12.3 Å². The predicted octanol–water partition coefficient (Wildman–Crippen LogP) is -0.192. The monoisotopic (exact) mass is 181 g/mol. The minimum absolute atomic E-state index is 0.180. The molecular formula is C7H7N3O3. The predicted molar refractivity (Wildman–Crippen MR) is 43.0 cm³/mol. The summed E-state index contributed by atoms with van der Waals surface area (Å²) < 4.78 is 0. The third-order valence-electron chi connectivity index (χ3n) is 1.21. The maximum absolute atomic E-state index is 10.7. The number of nitrogens with one attached hydrogen (secondary N) is 1. The fraction of sp³-hybridized carbons (Fsp3) is 0.143. The van der Waals surface area contributed by atoms with Crippen molar-refractivity contribution >= 4 is 17.7 Å². The molecule has 1 heterocycles. The zero-order valence-electron chi connectivity index (χ0n) is 6.81. The van der Waals surface area contributed by atoms with Crippen LogP contribution in [0.3, 0.4) is 0 Å². The lowest BCUT2D eigenvalue weighted by atomic mass is 10.5. The molecule has 1 rings (SSSR count). The molecule has 6 heteroatoms. The van der Waals surface area contributed by atoms with Gasteiger partial charge in [0.15, 0.2) is 0 Å². The molecule has 1 amide bonds. The topological polar surface area (TPSA) is 92.2 Å². The highest BCUT2D eigenvalue weighted by atomic mass is 16.4. The standard InChI is InChI=1S/C7H7N3O3/c1-4-8-3-2-5(9-4)10-6(11)7(12)13/h2-3H,1H3,(H,12,13)(H,8,9,10,11). The van der Waals surface area contributed by atoms with E-state index in [2.05, 4.69) is 15.3 Å². The Morgan fingerprint density at radius 1 is 1.54 bits per heavy atom. The van der Waals surface area contributed by atoms with E-state index < -0.39 is 11.9 Å². The first-order chi connectivity index (χ1) is 6.09. The van der Waals surface area contributed by atoms with E-state index in [0.717, 1.165) is 0 Å². The largest absolute Gasteiger partial charge is 0.474 e. The third kappa shape index (κ3) is 2.51. The molecule has 0 saturated carbocycles. The fourth-order valence-electron chi connectivity index (χ4n) is 0.696. The SMILES string of the molecule is Cc1nccc(NC(=O)C(=O)O)n1. The molecule has 0 saturated heterocycles. The van der Waals surface area contributed by atoms with Crippen molar-refractivity contribution in [2.75, 3.05) is 5.32 Å². The Morgan fingerprint density at radius 3 is 2.77 bits per heavy atom. The lowest BCUT2D eigenvalue weighted by Crippen LogP contribution is -2.22. The van der Waals surface area contributed by atoms with Crippen LogP contribution in [0.25, 0.3) is 0 Å². The van der Waals surface area contributed by atoms with Crippen LogP contribution in [-0.2, 0) is 9.59 Å². The molecule has 1 aromatic heterocycles. The lowest BCUT2D eigenvalue weighted by Gasteiger charge is -1.99. The maximum atomic E-state index is 10.7. The number of carboxylic acids is 1. The van der Waals surface area contributed by atoms with E-state index in [-0.39, 0.29) is 5.82 Å². The summed E-state index contributed by atoms with van der Waals surface area (Å²) in [6.07, 6.45) is 1.43. The van der Waals surface area contributed by atoms with Crippen LogP contribution >= 0.6 is 0 Å². The third-order valence-corrected chi connectivity index (χ3v) is 1.21. The first kappa shape index (κ1) is 9.11. The van der Waals surface area contributed by atoms with Crippen LogP contribution in [0.2, 0.25) is 0 Å². The first-order valence-electron chi connectivity index (χ1n) is 3.43. The lowest BCUT2D eigenvalue weighted by molar-refractivity contribution is -0.147. The minimum atomic E-state index is -1.55. The van der Waals surface area contributed by atoms with Gasteiger partial charge < -0.3 is 10.4 Å². The van der Waals surface area contributed by atoms with E-state index in [9.17, 15) is 9.59 Å². The highest BCUT2D eigenvalue weighted by molar-refractivity contribution is 6.36. The van der Waals surface area contributed by atoms with Crippen molar-refractivity contribution < 1.29 is 14.7 Å². The average molecular weight is 181 g/mol. The summed E-state index contributed by atoms with van der Waals surface area (Å²) in [5.74, 6) is -2.02. The second-order valence-corrected chi connectivity index (χ2v) is 2.25. The second kappa shape index (κ2) is 3.61. The van der Waals surface area contributed by atoms with Crippen LogP contribution in [-0.4, -0.2) is 27.0 Å². The molecule has 0 unspecified atom stereocenters. The van der Waals surface area contributed by atoms with Gasteiger partial charge in [0, 0.05) is 6.20 Å². The summed E-state index contributed by atoms with van der Waals surface area (Å²) in [7, 11) is 0. The molecular weight excluding hydrogens is 174 g/mol. The molecule has 0 radical (unpaired) electrons. The molecule has 0 bridgehead atoms. The first-order valence-corrected chi connectivity index (χ1v) is 3.43. The highest BCUT2D eigenvalue weighted by Gasteiger charge is 2.11. The van der Waals surface area contributed by atoms with Crippen molar-refractivity contribution in [2.24, 2.45) is 0 Å². The van der Waals surface area contributed by atoms with E-state index >= 15 is 0 Å². The summed E-state index contributed by atoms with van der Waals surface area (Å²) >= 11 is 0. The summed E-state index contributed by atoms with van der Waals surface area (Å²) in [6.45, 7) is 1.64. The zero-order chi connectivity index (χ0) is 9.84. The number of carbonyl (C=O) groups excluding carboxylic acids is 1. The van der Waals surface area contributed by atoms with Crippen molar-refractivity contribution in [2.45, 2.75) is 6.92 Å². The van der Waals surface area contributed by atoms with Crippen molar-refractivity contribution in [1.29, 1.82) is 0 Å². The second-order valence-electron chi connectivity index (χ2n) is 2.25. The van der Waals surface area contributed by atoms with Crippen LogP contribution < -0.4 is 5.32 Å². The molecule has 68 valence electrons. The van der Waals surface area contributed by atoms with Crippen molar-refractivity contribution in [3.8, 4) is 0 Å². The molecule has 0 spiro atoms. The molecule has 2 N–H and O–H groups in total. The van der Waals surface area contributed by atoms with Gasteiger partial charge in [0.1, 0.15) is 11.6 Å². The van der Waals surface area contributed by atoms with Crippen LogP contribution in [0, 0.1) is 6.92 Å². The van der Waals surface area contributed by atoms with Gasteiger partial charge in [-0.3, -0.25) is 4.79 Å². The van der Waals surface area contributed by atoms with Crippen LogP contribution in [0.5, 0.6) is 0 Å². The maximum Gasteiger partial charge on any atom is 0.394 e. The number of carbonyl (C=O) groups is 2. The van der Waals surface area contributed by atoms with Gasteiger partial charge in [-0.2, -0.15) is 0 Å². The number of carboxylic acid groups (broad SMARTS) is 1. The molecule has 13 heavy (non-hydrogen) atoms. The highest BCUT2D eigenvalue weighted by Crippen LogP contribution is 2.00. The molecule has 0 aliphatic heterocycles. The minimum Gasteiger partial charge on any atom is -0.474 e. The van der Waals surface area contributed by atoms with Gasteiger partial charge in [0.2, 0.25) is 0 Å². The number of hydrogen-bond donors (Lipinski definition) is 2. The van der Waals surface area contributed by atoms with E-state index in [1.54, 1.807) is 6.92 Å². The Hall–Kier alpha value is -1.98. The number of hydrogen-bond acceptors (Lipinski definition) is 4. The number of aryl methyl sites for hydroxylation is 1. The van der Waals surface area contributed by atoms with Gasteiger partial charge in [-0.05, 0) is 13.0 Å². The normalized spacial score (nSPS) is 9.31. The zero-order valence-corrected chi connectivity index (χ0v) is 6.81. The van der Waals surface area contributed by atoms with E-state index in [1.807, 2.05) is 0 Å². The Morgan fingerprint density at radius 2 is 2.23 bits per heavy atom. The van der Waals surface area contributed by atoms with Gasteiger partial charge in [-0.15, -0.1) is 0 Å². The summed E-state index contributed by atoms with van der Waals surface area (Å²) in [4.78, 5) is 28.4. The van der Waals surface area contributed by atoms with Gasteiger partial charge in [0.05, 0.1) is 0 Å². The Kier molecular flexibility index (Phi) is 2.53. The number of nitrogens with zero attached hydrogens (tertiary/aromatic N) is 2. The number of aliphatic carboxylic acids is 1. The molecule has 6 nitrogen and oxygen atoms in total. The molecule has 0 fully saturated rings. The summed E-state index contributed by atoms with van der Waals surface area (Å²) in [6, 6.07) is 1.41.